The second-order valence-electron chi connectivity index (χ2n) is 6.31. The smallest absolute Gasteiger partial charge is 0.251 e. The first-order valence-electron chi connectivity index (χ1n) is 8.08. The third-order valence-corrected chi connectivity index (χ3v) is 4.16. The van der Waals surface area contributed by atoms with Crippen molar-refractivity contribution in [3.63, 3.8) is 0 Å². The lowest BCUT2D eigenvalue weighted by molar-refractivity contribution is 0.0940. The van der Waals surface area contributed by atoms with E-state index in [0.717, 1.165) is 22.4 Å². The molecule has 3 nitrogen and oxygen atoms in total. The molecule has 2 aromatic carbocycles. The van der Waals surface area contributed by atoms with E-state index in [1.807, 2.05) is 19.9 Å². The van der Waals surface area contributed by atoms with Gasteiger partial charge in [-0.2, -0.15) is 0 Å². The van der Waals surface area contributed by atoms with Gasteiger partial charge >= 0.3 is 0 Å². The fraction of sp³-hybridized carbons (Fsp3) is 0.350. The maximum absolute atomic E-state index is 13.0. The molecular weight excluding hydrogens is 305 g/mol. The van der Waals surface area contributed by atoms with E-state index in [4.69, 9.17) is 4.74 Å². The Labute approximate surface area is 142 Å². The van der Waals surface area contributed by atoms with Gasteiger partial charge in [0.1, 0.15) is 11.6 Å². The minimum atomic E-state index is -0.354. The Balaban J connectivity index is 2.25. The maximum atomic E-state index is 13.0. The van der Waals surface area contributed by atoms with Gasteiger partial charge in [0.2, 0.25) is 0 Å². The quantitative estimate of drug-likeness (QED) is 0.859. The molecule has 4 heteroatoms. The number of carbonyl (C=O) groups is 1. The highest BCUT2D eigenvalue weighted by molar-refractivity contribution is 5.94. The summed E-state index contributed by atoms with van der Waals surface area (Å²) in [5.74, 6) is 0.610. The van der Waals surface area contributed by atoms with Gasteiger partial charge in [-0.3, -0.25) is 4.79 Å². The molecule has 0 aromatic heterocycles. The molecule has 0 saturated heterocycles. The Morgan fingerprint density at radius 2 is 1.71 bits per heavy atom. The van der Waals surface area contributed by atoms with Gasteiger partial charge in [-0.15, -0.1) is 0 Å². The van der Waals surface area contributed by atoms with Crippen LogP contribution in [0.5, 0.6) is 5.75 Å². The van der Waals surface area contributed by atoms with Crippen molar-refractivity contribution in [2.24, 2.45) is 0 Å². The van der Waals surface area contributed by atoms with Gasteiger partial charge < -0.3 is 10.1 Å². The molecule has 1 amide bonds. The molecule has 1 N–H and O–H groups in total. The van der Waals surface area contributed by atoms with Gasteiger partial charge in [0.05, 0.1) is 13.2 Å². The Bertz CT molecular complexity index is 723. The summed E-state index contributed by atoms with van der Waals surface area (Å²) in [5, 5.41) is 2.97. The maximum Gasteiger partial charge on any atom is 0.251 e. The van der Waals surface area contributed by atoms with Crippen LogP contribution >= 0.6 is 0 Å². The van der Waals surface area contributed by atoms with Crippen molar-refractivity contribution in [1.29, 1.82) is 0 Å². The van der Waals surface area contributed by atoms with E-state index in [1.165, 1.54) is 24.3 Å². The number of amides is 1. The monoisotopic (exact) mass is 329 g/mol. The third kappa shape index (κ3) is 3.94. The number of benzene rings is 2. The lowest BCUT2D eigenvalue weighted by Crippen LogP contribution is -2.27. The normalized spacial score (nSPS) is 12.1. The molecule has 0 aliphatic carbocycles. The predicted molar refractivity (Wildman–Crippen MR) is 94.1 cm³/mol. The van der Waals surface area contributed by atoms with Gasteiger partial charge in [0.25, 0.3) is 5.91 Å². The van der Waals surface area contributed by atoms with Crippen LogP contribution < -0.4 is 10.1 Å². The zero-order chi connectivity index (χ0) is 17.9. The minimum Gasteiger partial charge on any atom is -0.496 e. The Morgan fingerprint density at radius 1 is 1.08 bits per heavy atom. The van der Waals surface area contributed by atoms with Crippen LogP contribution in [0.15, 0.2) is 36.4 Å². The molecule has 1 atom stereocenters. The van der Waals surface area contributed by atoms with Gasteiger partial charge in [0, 0.05) is 5.56 Å². The van der Waals surface area contributed by atoms with Crippen molar-refractivity contribution in [2.75, 3.05) is 7.11 Å². The number of methoxy groups -OCH3 is 1. The van der Waals surface area contributed by atoms with E-state index in [2.05, 4.69) is 25.2 Å². The summed E-state index contributed by atoms with van der Waals surface area (Å²) in [5.41, 5.74) is 3.66. The second kappa shape index (κ2) is 7.47. The summed E-state index contributed by atoms with van der Waals surface area (Å²) >= 11 is 0. The topological polar surface area (TPSA) is 38.3 Å². The van der Waals surface area contributed by atoms with Crippen molar-refractivity contribution in [2.45, 2.75) is 39.7 Å². The van der Waals surface area contributed by atoms with Crippen molar-refractivity contribution in [3.8, 4) is 5.75 Å². The first-order valence-corrected chi connectivity index (χ1v) is 8.08. The zero-order valence-electron chi connectivity index (χ0n) is 14.8. The van der Waals surface area contributed by atoms with E-state index in [-0.39, 0.29) is 17.8 Å². The zero-order valence-corrected chi connectivity index (χ0v) is 14.8. The lowest BCUT2D eigenvalue weighted by Gasteiger charge is -2.21. The van der Waals surface area contributed by atoms with E-state index in [9.17, 15) is 9.18 Å². The van der Waals surface area contributed by atoms with Gasteiger partial charge in [-0.1, -0.05) is 13.8 Å². The molecule has 24 heavy (non-hydrogen) atoms. The van der Waals surface area contributed by atoms with Crippen molar-refractivity contribution in [1.82, 2.24) is 5.32 Å². The van der Waals surface area contributed by atoms with Crippen molar-refractivity contribution in [3.05, 3.63) is 64.5 Å². The van der Waals surface area contributed by atoms with E-state index < -0.39 is 0 Å². The Hall–Kier alpha value is -2.36. The van der Waals surface area contributed by atoms with E-state index in [0.29, 0.717) is 11.5 Å². The predicted octanol–water partition coefficient (Wildman–Crippen LogP) is 4.76. The minimum absolute atomic E-state index is 0.161. The fourth-order valence-electron chi connectivity index (χ4n) is 2.77. The van der Waals surface area contributed by atoms with Crippen LogP contribution in [0.4, 0.5) is 4.39 Å². The molecule has 0 fully saturated rings. The molecule has 2 rings (SSSR count). The number of aryl methyl sites for hydroxylation is 1. The molecular formula is C20H24FNO2. The number of nitrogens with one attached hydrogen (secondary N) is 1. The Morgan fingerprint density at radius 3 is 2.25 bits per heavy atom. The average Bonchev–Trinajstić information content (AvgIpc) is 2.54. The number of ether oxygens (including phenoxy) is 1. The number of carbonyl (C=O) groups excluding carboxylic acids is 1. The summed E-state index contributed by atoms with van der Waals surface area (Å²) in [6.45, 7) is 8.17. The van der Waals surface area contributed by atoms with Crippen LogP contribution in [0.1, 0.15) is 59.8 Å². The first kappa shape index (κ1) is 18.0. The van der Waals surface area contributed by atoms with Crippen LogP contribution in [-0.4, -0.2) is 13.0 Å². The average molecular weight is 329 g/mol. The molecule has 0 heterocycles. The molecule has 128 valence electrons. The molecule has 0 aliphatic heterocycles. The van der Waals surface area contributed by atoms with Crippen LogP contribution in [0.25, 0.3) is 0 Å². The van der Waals surface area contributed by atoms with Gasteiger partial charge in [-0.05, 0) is 72.9 Å². The number of hydrogen-bond donors (Lipinski definition) is 1. The van der Waals surface area contributed by atoms with E-state index >= 15 is 0 Å². The molecule has 1 unspecified atom stereocenters. The van der Waals surface area contributed by atoms with E-state index in [1.54, 1.807) is 7.11 Å². The van der Waals surface area contributed by atoms with Crippen molar-refractivity contribution < 1.29 is 13.9 Å². The van der Waals surface area contributed by atoms with Crippen LogP contribution in [0.2, 0.25) is 0 Å². The SMILES string of the molecule is COc1cc(C)c(C(C)NC(=O)c2ccc(F)cc2)cc1C(C)C. The highest BCUT2D eigenvalue weighted by Crippen LogP contribution is 2.32. The highest BCUT2D eigenvalue weighted by atomic mass is 19.1. The standard InChI is InChI=1S/C20H24FNO2/c1-12(2)17-11-18(13(3)10-19(17)24-5)14(4)22-20(23)15-6-8-16(21)9-7-15/h6-12,14H,1-5H3,(H,22,23). The summed E-state index contributed by atoms with van der Waals surface area (Å²) in [6, 6.07) is 9.48. The first-order chi connectivity index (χ1) is 11.3. The Kier molecular flexibility index (Phi) is 5.60. The summed E-state index contributed by atoms with van der Waals surface area (Å²) in [4.78, 5) is 12.3. The molecule has 0 saturated carbocycles. The summed E-state index contributed by atoms with van der Waals surface area (Å²) < 4.78 is 18.4. The van der Waals surface area contributed by atoms with Crippen molar-refractivity contribution >= 4 is 5.91 Å². The highest BCUT2D eigenvalue weighted by Gasteiger charge is 2.17. The summed E-state index contributed by atoms with van der Waals surface area (Å²) in [6.07, 6.45) is 0. The molecule has 0 spiro atoms. The third-order valence-electron chi connectivity index (χ3n) is 4.16. The lowest BCUT2D eigenvalue weighted by atomic mass is 9.93. The van der Waals surface area contributed by atoms with Gasteiger partial charge in [0.15, 0.2) is 0 Å². The number of hydrogen-bond acceptors (Lipinski definition) is 2. The molecule has 0 aliphatic rings. The summed E-state index contributed by atoms with van der Waals surface area (Å²) in [7, 11) is 1.67. The number of halogens is 1. The molecule has 2 aromatic rings. The van der Waals surface area contributed by atoms with Gasteiger partial charge in [-0.25, -0.2) is 4.39 Å². The molecule has 0 bridgehead atoms. The van der Waals surface area contributed by atoms with Crippen LogP contribution in [0, 0.1) is 12.7 Å². The second-order valence-corrected chi connectivity index (χ2v) is 6.31. The van der Waals surface area contributed by atoms with Crippen LogP contribution in [0.3, 0.4) is 0 Å². The van der Waals surface area contributed by atoms with Crippen LogP contribution in [-0.2, 0) is 0 Å². The number of rotatable bonds is 5. The fourth-order valence-corrected chi connectivity index (χ4v) is 2.77. The largest absolute Gasteiger partial charge is 0.496 e. The molecule has 0 radical (unpaired) electrons.